The Morgan fingerprint density at radius 1 is 1.23 bits per heavy atom. The summed E-state index contributed by atoms with van der Waals surface area (Å²) in [5.41, 5.74) is -0.184. The van der Waals surface area contributed by atoms with E-state index in [9.17, 15) is 13.2 Å². The highest BCUT2D eigenvalue weighted by Gasteiger charge is 2.36. The molecule has 1 amide bonds. The predicted octanol–water partition coefficient (Wildman–Crippen LogP) is 2.72. The number of hydrogen-bond acceptors (Lipinski definition) is 4. The van der Waals surface area contributed by atoms with E-state index in [2.05, 4.69) is 10.3 Å². The molecule has 2 heterocycles. The van der Waals surface area contributed by atoms with Gasteiger partial charge in [-0.2, -0.15) is 0 Å². The van der Waals surface area contributed by atoms with Crippen molar-refractivity contribution in [1.82, 2.24) is 10.3 Å². The van der Waals surface area contributed by atoms with Crippen molar-refractivity contribution >= 4 is 38.9 Å². The van der Waals surface area contributed by atoms with Crippen molar-refractivity contribution in [2.24, 2.45) is 5.92 Å². The molecule has 0 atom stereocenters. The second-order valence-corrected chi connectivity index (χ2v) is 9.18. The van der Waals surface area contributed by atoms with Crippen LogP contribution < -0.4 is 5.32 Å². The van der Waals surface area contributed by atoms with E-state index in [-0.39, 0.29) is 33.6 Å². The Bertz CT molecular complexity index is 655. The minimum atomic E-state index is -2.92. The topological polar surface area (TPSA) is 76.1 Å². The number of pyridine rings is 1. The van der Waals surface area contributed by atoms with Crippen molar-refractivity contribution in [2.75, 3.05) is 11.5 Å². The lowest BCUT2D eigenvalue weighted by Crippen LogP contribution is -2.51. The first-order valence-corrected chi connectivity index (χ1v) is 9.53. The third kappa shape index (κ3) is 4.33. The Kier molecular flexibility index (Phi) is 5.04. The Hall–Kier alpha value is -0.850. The average molecular weight is 365 g/mol. The van der Waals surface area contributed by atoms with E-state index in [0.717, 1.165) is 0 Å². The summed E-state index contributed by atoms with van der Waals surface area (Å²) >= 11 is 11.6. The molecular weight excluding hydrogens is 347 g/mol. The first-order valence-electron chi connectivity index (χ1n) is 6.95. The van der Waals surface area contributed by atoms with Crippen molar-refractivity contribution in [3.05, 3.63) is 28.0 Å². The molecule has 1 N–H and O–H groups in total. The van der Waals surface area contributed by atoms with Crippen molar-refractivity contribution in [1.29, 1.82) is 0 Å². The number of amides is 1. The molecule has 5 nitrogen and oxygen atoms in total. The van der Waals surface area contributed by atoms with E-state index >= 15 is 0 Å². The highest BCUT2D eigenvalue weighted by atomic mass is 35.5. The largest absolute Gasteiger partial charge is 0.347 e. The van der Waals surface area contributed by atoms with Gasteiger partial charge in [-0.05, 0) is 44.7 Å². The fourth-order valence-corrected chi connectivity index (χ4v) is 4.63. The zero-order valence-electron chi connectivity index (χ0n) is 12.4. The van der Waals surface area contributed by atoms with Gasteiger partial charge in [0.2, 0.25) is 0 Å². The molecule has 1 aromatic rings. The molecule has 0 bridgehead atoms. The monoisotopic (exact) mass is 364 g/mol. The first kappa shape index (κ1) is 17.5. The number of rotatable bonds is 3. The van der Waals surface area contributed by atoms with Gasteiger partial charge in [0.25, 0.3) is 5.91 Å². The van der Waals surface area contributed by atoms with Crippen LogP contribution in [0, 0.1) is 5.92 Å². The molecule has 0 spiro atoms. The molecule has 1 aromatic heterocycles. The van der Waals surface area contributed by atoms with Crippen LogP contribution in [0.4, 0.5) is 0 Å². The Balaban J connectivity index is 2.09. The van der Waals surface area contributed by atoms with Crippen LogP contribution in [-0.4, -0.2) is 36.4 Å². The number of sulfone groups is 1. The van der Waals surface area contributed by atoms with E-state index in [0.29, 0.717) is 18.4 Å². The Morgan fingerprint density at radius 2 is 1.73 bits per heavy atom. The first-order chi connectivity index (χ1) is 10.1. The number of halogens is 2. The van der Waals surface area contributed by atoms with Gasteiger partial charge >= 0.3 is 0 Å². The van der Waals surface area contributed by atoms with Crippen LogP contribution in [0.3, 0.4) is 0 Å². The molecule has 0 radical (unpaired) electrons. The van der Waals surface area contributed by atoms with E-state index < -0.39 is 15.4 Å². The van der Waals surface area contributed by atoms with Crippen LogP contribution in [-0.2, 0) is 9.84 Å². The highest BCUT2D eigenvalue weighted by Crippen LogP contribution is 2.29. The van der Waals surface area contributed by atoms with Gasteiger partial charge < -0.3 is 5.32 Å². The lowest BCUT2D eigenvalue weighted by atomic mass is 9.83. The Morgan fingerprint density at radius 3 is 2.23 bits per heavy atom. The summed E-state index contributed by atoms with van der Waals surface area (Å²) in [6.45, 7) is 3.80. The smallest absolute Gasteiger partial charge is 0.251 e. The van der Waals surface area contributed by atoms with Gasteiger partial charge in [-0.3, -0.25) is 4.79 Å². The third-order valence-corrected chi connectivity index (χ3v) is 6.14. The summed E-state index contributed by atoms with van der Waals surface area (Å²) < 4.78 is 23.0. The number of carbonyl (C=O) groups excluding carboxylic acids is 1. The normalized spacial score (nSPS) is 18.9. The zero-order valence-corrected chi connectivity index (χ0v) is 14.7. The van der Waals surface area contributed by atoms with Gasteiger partial charge in [0.05, 0.1) is 11.5 Å². The third-order valence-electron chi connectivity index (χ3n) is 4.04. The fraction of sp³-hybridized carbons (Fsp3) is 0.571. The summed E-state index contributed by atoms with van der Waals surface area (Å²) in [5, 5.41) is 3.25. The van der Waals surface area contributed by atoms with Crippen LogP contribution >= 0.6 is 23.2 Å². The molecule has 0 aromatic carbocycles. The molecule has 1 saturated heterocycles. The lowest BCUT2D eigenvalue weighted by Gasteiger charge is -2.37. The summed E-state index contributed by atoms with van der Waals surface area (Å²) in [6, 6.07) is 2.90. The molecule has 1 aliphatic heterocycles. The van der Waals surface area contributed by atoms with Gasteiger partial charge in [0.15, 0.2) is 0 Å². The summed E-state index contributed by atoms with van der Waals surface area (Å²) in [7, 11) is -2.92. The maximum Gasteiger partial charge on any atom is 0.251 e. The fourth-order valence-electron chi connectivity index (χ4n) is 2.67. The molecular formula is C14H18Cl2N2O3S. The second-order valence-electron chi connectivity index (χ2n) is 6.10. The molecule has 1 aliphatic rings. The molecule has 22 heavy (non-hydrogen) atoms. The maximum absolute atomic E-state index is 12.4. The minimum Gasteiger partial charge on any atom is -0.347 e. The minimum absolute atomic E-state index is 0.104. The highest BCUT2D eigenvalue weighted by molar-refractivity contribution is 7.91. The predicted molar refractivity (Wildman–Crippen MR) is 87.2 cm³/mol. The molecule has 0 aliphatic carbocycles. The average Bonchev–Trinajstić information content (AvgIpc) is 2.36. The molecule has 2 rings (SSSR count). The summed E-state index contributed by atoms with van der Waals surface area (Å²) in [6.07, 6.45) is 1.10. The summed E-state index contributed by atoms with van der Waals surface area (Å²) in [5.74, 6) is 0.144. The number of hydrogen-bond donors (Lipinski definition) is 1. The lowest BCUT2D eigenvalue weighted by molar-refractivity contribution is 0.0875. The van der Waals surface area contributed by atoms with Crippen LogP contribution in [0.2, 0.25) is 10.3 Å². The molecule has 122 valence electrons. The zero-order chi connectivity index (χ0) is 16.5. The van der Waals surface area contributed by atoms with Crippen LogP contribution in [0.5, 0.6) is 0 Å². The number of carbonyl (C=O) groups is 1. The standard InChI is InChI=1S/C14H18Cl2N2O3S/c1-14(2,10-3-5-22(20,21)6-4-10)18-13(19)9-7-11(15)17-12(16)8-9/h7-8,10H,3-6H2,1-2H3,(H,18,19). The van der Waals surface area contributed by atoms with Crippen molar-refractivity contribution < 1.29 is 13.2 Å². The van der Waals surface area contributed by atoms with Crippen molar-refractivity contribution in [3.63, 3.8) is 0 Å². The summed E-state index contributed by atoms with van der Waals surface area (Å²) in [4.78, 5) is 16.2. The molecule has 1 fully saturated rings. The van der Waals surface area contributed by atoms with Gasteiger partial charge in [-0.1, -0.05) is 23.2 Å². The van der Waals surface area contributed by atoms with Crippen LogP contribution in [0.1, 0.15) is 37.0 Å². The second kappa shape index (κ2) is 6.34. The quantitative estimate of drug-likeness (QED) is 0.836. The molecule has 0 saturated carbocycles. The van der Waals surface area contributed by atoms with E-state index in [1.165, 1.54) is 12.1 Å². The van der Waals surface area contributed by atoms with Crippen molar-refractivity contribution in [3.8, 4) is 0 Å². The molecule has 8 heteroatoms. The van der Waals surface area contributed by atoms with E-state index in [1.807, 2.05) is 13.8 Å². The number of nitrogens with zero attached hydrogens (tertiary/aromatic N) is 1. The van der Waals surface area contributed by atoms with E-state index in [4.69, 9.17) is 23.2 Å². The van der Waals surface area contributed by atoms with Gasteiger partial charge in [0.1, 0.15) is 20.1 Å². The van der Waals surface area contributed by atoms with Crippen LogP contribution in [0.25, 0.3) is 0 Å². The van der Waals surface area contributed by atoms with Gasteiger partial charge in [-0.25, -0.2) is 13.4 Å². The number of nitrogens with one attached hydrogen (secondary N) is 1. The van der Waals surface area contributed by atoms with Crippen molar-refractivity contribution in [2.45, 2.75) is 32.2 Å². The van der Waals surface area contributed by atoms with Gasteiger partial charge in [-0.15, -0.1) is 0 Å². The Labute approximate surface area is 140 Å². The van der Waals surface area contributed by atoms with Gasteiger partial charge in [0, 0.05) is 11.1 Å². The molecule has 0 unspecified atom stereocenters. The van der Waals surface area contributed by atoms with E-state index in [1.54, 1.807) is 0 Å². The maximum atomic E-state index is 12.4. The SMILES string of the molecule is CC(C)(NC(=O)c1cc(Cl)nc(Cl)c1)C1CCS(=O)(=O)CC1. The number of aromatic nitrogens is 1. The van der Waals surface area contributed by atoms with Crippen LogP contribution in [0.15, 0.2) is 12.1 Å².